The molecule has 0 bridgehead atoms. The molecule has 3 aromatic carbocycles. The van der Waals surface area contributed by atoms with Crippen LogP contribution in [-0.4, -0.2) is 48.2 Å². The van der Waals surface area contributed by atoms with E-state index in [4.69, 9.17) is 0 Å². The average Bonchev–Trinajstić information content (AvgIpc) is 2.80. The van der Waals surface area contributed by atoms with Crippen LogP contribution in [0.2, 0.25) is 0 Å². The highest BCUT2D eigenvalue weighted by atomic mass is 32.2. The summed E-state index contributed by atoms with van der Waals surface area (Å²) in [6, 6.07) is 28.2. The number of anilines is 1. The molecule has 1 heterocycles. The number of benzene rings is 3. The van der Waals surface area contributed by atoms with E-state index >= 15 is 0 Å². The number of hydrogen-bond donors (Lipinski definition) is 1. The van der Waals surface area contributed by atoms with Gasteiger partial charge >= 0.3 is 5.97 Å². The Morgan fingerprint density at radius 3 is 2.10 bits per heavy atom. The normalized spacial score (nSPS) is 15.7. The lowest BCUT2D eigenvalue weighted by atomic mass is 10.0. The van der Waals surface area contributed by atoms with Gasteiger partial charge in [0.15, 0.2) is 0 Å². The minimum Gasteiger partial charge on any atom is -0.480 e. The van der Waals surface area contributed by atoms with E-state index < -0.39 is 12.0 Å². The van der Waals surface area contributed by atoms with Gasteiger partial charge in [-0.15, -0.1) is 0 Å². The summed E-state index contributed by atoms with van der Waals surface area (Å²) in [6.45, 7) is 3.18. The Morgan fingerprint density at radius 1 is 0.833 bits per heavy atom. The summed E-state index contributed by atoms with van der Waals surface area (Å²) in [5.74, 6) is -0.748. The molecule has 1 saturated heterocycles. The van der Waals surface area contributed by atoms with Gasteiger partial charge in [-0.2, -0.15) is 0 Å². The Morgan fingerprint density at radius 2 is 1.43 bits per heavy atom. The van der Waals surface area contributed by atoms with Gasteiger partial charge in [-0.25, -0.2) is 0 Å². The lowest BCUT2D eigenvalue weighted by Crippen LogP contribution is -2.53. The van der Waals surface area contributed by atoms with Crippen LogP contribution >= 0.6 is 11.8 Å². The van der Waals surface area contributed by atoms with Crippen molar-refractivity contribution in [1.82, 2.24) is 4.90 Å². The highest BCUT2D eigenvalue weighted by Crippen LogP contribution is 2.31. The van der Waals surface area contributed by atoms with Crippen LogP contribution in [0.4, 0.5) is 5.69 Å². The molecule has 1 N–H and O–H groups in total. The molecule has 30 heavy (non-hydrogen) atoms. The van der Waals surface area contributed by atoms with Crippen molar-refractivity contribution in [1.29, 1.82) is 0 Å². The second-order valence-electron chi connectivity index (χ2n) is 7.44. The van der Waals surface area contributed by atoms with Crippen LogP contribution in [0.15, 0.2) is 94.7 Å². The average molecular weight is 419 g/mol. The third kappa shape index (κ3) is 5.04. The van der Waals surface area contributed by atoms with Crippen molar-refractivity contribution < 1.29 is 9.90 Å². The van der Waals surface area contributed by atoms with Crippen LogP contribution in [0.25, 0.3) is 0 Å². The molecule has 4 nitrogen and oxygen atoms in total. The summed E-state index contributed by atoms with van der Waals surface area (Å²) < 4.78 is 0. The zero-order valence-electron chi connectivity index (χ0n) is 16.9. The first kappa shape index (κ1) is 20.5. The Hall–Kier alpha value is -2.76. The molecule has 0 aliphatic carbocycles. The van der Waals surface area contributed by atoms with Gasteiger partial charge in [0.1, 0.15) is 6.04 Å². The molecule has 1 atom stereocenters. The summed E-state index contributed by atoms with van der Waals surface area (Å²) in [4.78, 5) is 18.9. The minimum atomic E-state index is -0.748. The van der Waals surface area contributed by atoms with Gasteiger partial charge in [0.2, 0.25) is 0 Å². The summed E-state index contributed by atoms with van der Waals surface area (Å²) in [7, 11) is 0. The van der Waals surface area contributed by atoms with E-state index in [1.807, 2.05) is 48.5 Å². The number of aliphatic carboxylic acids is 1. The van der Waals surface area contributed by atoms with Crippen molar-refractivity contribution in [3.8, 4) is 0 Å². The molecule has 1 fully saturated rings. The lowest BCUT2D eigenvalue weighted by molar-refractivity contribution is -0.143. The number of piperazine rings is 1. The van der Waals surface area contributed by atoms with Crippen LogP contribution in [0.5, 0.6) is 0 Å². The monoisotopic (exact) mass is 418 g/mol. The molecular weight excluding hydrogens is 392 g/mol. The first-order chi connectivity index (χ1) is 14.7. The smallest absolute Gasteiger partial charge is 0.321 e. The molecule has 0 spiro atoms. The first-order valence-corrected chi connectivity index (χ1v) is 11.1. The Bertz CT molecular complexity index is 957. The molecule has 0 aromatic heterocycles. The van der Waals surface area contributed by atoms with Crippen molar-refractivity contribution in [2.24, 2.45) is 0 Å². The fourth-order valence-corrected chi connectivity index (χ4v) is 4.88. The quantitative estimate of drug-likeness (QED) is 0.605. The van der Waals surface area contributed by atoms with Crippen molar-refractivity contribution >= 4 is 23.4 Å². The SMILES string of the molecule is O=C(O)C(Cc1ccccc1Sc1ccccc1)N1CCN(c2ccccc2)CC1. The van der Waals surface area contributed by atoms with Gasteiger partial charge in [0, 0.05) is 41.7 Å². The summed E-state index contributed by atoms with van der Waals surface area (Å²) in [5, 5.41) is 9.99. The Kier molecular flexibility index (Phi) is 6.72. The Balaban J connectivity index is 1.45. The fourth-order valence-electron chi connectivity index (χ4n) is 3.90. The topological polar surface area (TPSA) is 43.8 Å². The van der Waals surface area contributed by atoms with E-state index in [-0.39, 0.29) is 0 Å². The number of carboxylic acids is 1. The van der Waals surface area contributed by atoms with E-state index in [2.05, 4.69) is 46.2 Å². The predicted octanol–water partition coefficient (Wildman–Crippen LogP) is 4.66. The molecular formula is C25H26N2O2S. The van der Waals surface area contributed by atoms with E-state index in [0.29, 0.717) is 6.42 Å². The second kappa shape index (κ2) is 9.83. The zero-order valence-corrected chi connectivity index (χ0v) is 17.7. The number of nitrogens with zero attached hydrogens (tertiary/aromatic N) is 2. The minimum absolute atomic E-state index is 0.511. The maximum atomic E-state index is 12.2. The summed E-state index contributed by atoms with van der Waals surface area (Å²) >= 11 is 1.69. The fraction of sp³-hybridized carbons (Fsp3) is 0.240. The maximum absolute atomic E-state index is 12.2. The molecule has 1 aliphatic heterocycles. The van der Waals surface area contributed by atoms with Gasteiger partial charge in [0.25, 0.3) is 0 Å². The second-order valence-corrected chi connectivity index (χ2v) is 8.55. The van der Waals surface area contributed by atoms with Crippen LogP contribution in [0.3, 0.4) is 0 Å². The summed E-state index contributed by atoms with van der Waals surface area (Å²) in [6.07, 6.45) is 0.511. The standard InChI is InChI=1S/C25H26N2O2S/c28-25(29)23(27-17-15-26(16-18-27)21-10-3-1-4-11-21)19-20-9-7-8-14-24(20)30-22-12-5-2-6-13-22/h1-14,23H,15-19H2,(H,28,29). The number of carbonyl (C=O) groups is 1. The molecule has 0 radical (unpaired) electrons. The van der Waals surface area contributed by atoms with Gasteiger partial charge in [-0.1, -0.05) is 66.4 Å². The van der Waals surface area contributed by atoms with Gasteiger partial charge in [0.05, 0.1) is 0 Å². The van der Waals surface area contributed by atoms with Crippen molar-refractivity contribution in [2.75, 3.05) is 31.1 Å². The van der Waals surface area contributed by atoms with Crippen molar-refractivity contribution in [3.05, 3.63) is 90.5 Å². The highest BCUT2D eigenvalue weighted by Gasteiger charge is 2.29. The molecule has 0 saturated carbocycles. The van der Waals surface area contributed by atoms with Crippen LogP contribution in [-0.2, 0) is 11.2 Å². The first-order valence-electron chi connectivity index (χ1n) is 10.3. The molecule has 0 amide bonds. The number of rotatable bonds is 7. The van der Waals surface area contributed by atoms with Gasteiger partial charge < -0.3 is 10.0 Å². The lowest BCUT2D eigenvalue weighted by Gasteiger charge is -2.39. The van der Waals surface area contributed by atoms with Crippen molar-refractivity contribution in [2.45, 2.75) is 22.3 Å². The molecule has 154 valence electrons. The number of hydrogen-bond acceptors (Lipinski definition) is 4. The van der Waals surface area contributed by atoms with Crippen molar-refractivity contribution in [3.63, 3.8) is 0 Å². The third-order valence-electron chi connectivity index (χ3n) is 5.52. The van der Waals surface area contributed by atoms with Gasteiger partial charge in [-0.05, 0) is 42.3 Å². The molecule has 3 aromatic rings. The highest BCUT2D eigenvalue weighted by molar-refractivity contribution is 7.99. The third-order valence-corrected chi connectivity index (χ3v) is 6.64. The summed E-state index contributed by atoms with van der Waals surface area (Å²) in [5.41, 5.74) is 2.29. The Labute approximate surface area is 182 Å². The van der Waals surface area contributed by atoms with Crippen LogP contribution in [0, 0.1) is 0 Å². The molecule has 1 aliphatic rings. The van der Waals surface area contributed by atoms with Crippen LogP contribution < -0.4 is 4.90 Å². The molecule has 4 rings (SSSR count). The van der Waals surface area contributed by atoms with E-state index in [1.165, 1.54) is 5.69 Å². The van der Waals surface area contributed by atoms with Crippen LogP contribution in [0.1, 0.15) is 5.56 Å². The van der Waals surface area contributed by atoms with Gasteiger partial charge in [-0.3, -0.25) is 9.69 Å². The van der Waals surface area contributed by atoms with E-state index in [1.54, 1.807) is 11.8 Å². The molecule has 5 heteroatoms. The molecule has 1 unspecified atom stereocenters. The number of carboxylic acid groups (broad SMARTS) is 1. The van der Waals surface area contributed by atoms with E-state index in [9.17, 15) is 9.90 Å². The maximum Gasteiger partial charge on any atom is 0.321 e. The zero-order chi connectivity index (χ0) is 20.8. The predicted molar refractivity (Wildman–Crippen MR) is 122 cm³/mol. The van der Waals surface area contributed by atoms with E-state index in [0.717, 1.165) is 41.5 Å². The largest absolute Gasteiger partial charge is 0.480 e. The number of para-hydroxylation sites is 1.